The molecule has 0 bridgehead atoms. The van der Waals surface area contributed by atoms with E-state index in [-0.39, 0.29) is 11.9 Å². The summed E-state index contributed by atoms with van der Waals surface area (Å²) >= 11 is 3.48. The molecule has 3 nitrogen and oxygen atoms in total. The lowest BCUT2D eigenvalue weighted by molar-refractivity contribution is 0.524. The molecule has 0 aliphatic heterocycles. The third-order valence-corrected chi connectivity index (χ3v) is 3.86. The topological polar surface area (TPSA) is 37.8 Å². The molecule has 2 aromatic rings. The average Bonchev–Trinajstić information content (AvgIpc) is 2.48. The van der Waals surface area contributed by atoms with Gasteiger partial charge in [0.15, 0.2) is 0 Å². The first-order chi connectivity index (χ1) is 9.70. The van der Waals surface area contributed by atoms with E-state index < -0.39 is 0 Å². The van der Waals surface area contributed by atoms with Crippen LogP contribution in [-0.4, -0.2) is 16.7 Å². The van der Waals surface area contributed by atoms with Crippen LogP contribution in [0.3, 0.4) is 0 Å². The van der Waals surface area contributed by atoms with E-state index in [1.807, 2.05) is 6.07 Å². The molecule has 1 aromatic heterocycles. The van der Waals surface area contributed by atoms with Crippen molar-refractivity contribution >= 4 is 15.9 Å². The summed E-state index contributed by atoms with van der Waals surface area (Å²) in [5, 5.41) is 11.2. The minimum absolute atomic E-state index is 0.101. The summed E-state index contributed by atoms with van der Waals surface area (Å²) in [7, 11) is 0. The van der Waals surface area contributed by atoms with E-state index >= 15 is 0 Å². The van der Waals surface area contributed by atoms with Gasteiger partial charge in [0.25, 0.3) is 0 Å². The van der Waals surface area contributed by atoms with E-state index in [1.54, 1.807) is 24.5 Å². The Kier molecular flexibility index (Phi) is 5.61. The van der Waals surface area contributed by atoms with E-state index in [0.29, 0.717) is 6.42 Å². The van der Waals surface area contributed by atoms with Crippen molar-refractivity contribution in [2.45, 2.75) is 25.8 Å². The number of halogens is 2. The molecule has 1 N–H and O–H groups in total. The van der Waals surface area contributed by atoms with Crippen LogP contribution >= 0.6 is 15.9 Å². The van der Waals surface area contributed by atoms with Gasteiger partial charge in [0, 0.05) is 16.7 Å². The number of nitrogens with zero attached hydrogens (tertiary/aromatic N) is 2. The van der Waals surface area contributed by atoms with Crippen LogP contribution in [0.1, 0.15) is 30.5 Å². The Hall–Kier alpha value is -1.33. The number of benzene rings is 1. The Morgan fingerprint density at radius 2 is 2.15 bits per heavy atom. The summed E-state index contributed by atoms with van der Waals surface area (Å²) < 4.78 is 14.3. The van der Waals surface area contributed by atoms with E-state index in [0.717, 1.165) is 28.6 Å². The lowest BCUT2D eigenvalue weighted by Gasteiger charge is -2.19. The van der Waals surface area contributed by atoms with Crippen LogP contribution < -0.4 is 5.32 Å². The van der Waals surface area contributed by atoms with Gasteiger partial charge in [-0.1, -0.05) is 22.9 Å². The Morgan fingerprint density at radius 3 is 2.85 bits per heavy atom. The van der Waals surface area contributed by atoms with Gasteiger partial charge in [-0.25, -0.2) is 4.39 Å². The first kappa shape index (κ1) is 15.1. The molecule has 20 heavy (non-hydrogen) atoms. The van der Waals surface area contributed by atoms with Crippen molar-refractivity contribution in [2.24, 2.45) is 0 Å². The Labute approximate surface area is 126 Å². The number of hydrogen-bond acceptors (Lipinski definition) is 3. The van der Waals surface area contributed by atoms with Gasteiger partial charge in [0.1, 0.15) is 5.82 Å². The SMILES string of the molecule is CCCNC(Cc1cc(F)ccc1Br)c1ccnnc1. The molecule has 1 aromatic carbocycles. The first-order valence-corrected chi connectivity index (χ1v) is 7.44. The number of aromatic nitrogens is 2. The molecule has 5 heteroatoms. The summed E-state index contributed by atoms with van der Waals surface area (Å²) in [6.45, 7) is 3.02. The fraction of sp³-hybridized carbons (Fsp3) is 0.333. The molecule has 106 valence electrons. The molecule has 0 aliphatic carbocycles. The Morgan fingerprint density at radius 1 is 1.30 bits per heavy atom. The number of nitrogens with one attached hydrogen (secondary N) is 1. The van der Waals surface area contributed by atoms with Crippen molar-refractivity contribution in [1.82, 2.24) is 15.5 Å². The van der Waals surface area contributed by atoms with E-state index in [9.17, 15) is 4.39 Å². The fourth-order valence-electron chi connectivity index (χ4n) is 2.05. The van der Waals surface area contributed by atoms with Crippen molar-refractivity contribution in [3.05, 3.63) is 58.1 Å². The lowest BCUT2D eigenvalue weighted by atomic mass is 10.0. The zero-order valence-corrected chi connectivity index (χ0v) is 12.9. The zero-order chi connectivity index (χ0) is 14.4. The molecule has 0 radical (unpaired) electrons. The molecule has 0 spiro atoms. The van der Waals surface area contributed by atoms with Crippen LogP contribution in [0.2, 0.25) is 0 Å². The first-order valence-electron chi connectivity index (χ1n) is 6.64. The highest BCUT2D eigenvalue weighted by molar-refractivity contribution is 9.10. The number of hydrogen-bond donors (Lipinski definition) is 1. The highest BCUT2D eigenvalue weighted by Crippen LogP contribution is 2.24. The standard InChI is InChI=1S/C15H17BrFN3/c1-2-6-18-15(11-5-7-19-20-10-11)9-12-8-13(17)3-4-14(12)16/h3-5,7-8,10,15,18H,2,6,9H2,1H3. The molecule has 2 rings (SSSR count). The molecule has 0 fully saturated rings. The predicted octanol–water partition coefficient (Wildman–Crippen LogP) is 3.66. The smallest absolute Gasteiger partial charge is 0.123 e. The summed E-state index contributed by atoms with van der Waals surface area (Å²) in [6, 6.07) is 6.80. The second-order valence-electron chi connectivity index (χ2n) is 4.62. The van der Waals surface area contributed by atoms with Crippen LogP contribution in [0.4, 0.5) is 4.39 Å². The molecule has 0 saturated carbocycles. The number of rotatable bonds is 6. The van der Waals surface area contributed by atoms with Crippen molar-refractivity contribution in [3.63, 3.8) is 0 Å². The maximum Gasteiger partial charge on any atom is 0.123 e. The third-order valence-electron chi connectivity index (χ3n) is 3.08. The van der Waals surface area contributed by atoms with Gasteiger partial charge in [-0.05, 0) is 54.8 Å². The highest BCUT2D eigenvalue weighted by atomic mass is 79.9. The van der Waals surface area contributed by atoms with Gasteiger partial charge in [-0.2, -0.15) is 10.2 Å². The van der Waals surface area contributed by atoms with Crippen molar-refractivity contribution < 1.29 is 4.39 Å². The lowest BCUT2D eigenvalue weighted by Crippen LogP contribution is -2.24. The van der Waals surface area contributed by atoms with Crippen LogP contribution in [0.25, 0.3) is 0 Å². The minimum Gasteiger partial charge on any atom is -0.310 e. The van der Waals surface area contributed by atoms with Gasteiger partial charge < -0.3 is 5.32 Å². The maximum atomic E-state index is 13.4. The van der Waals surface area contributed by atoms with Crippen LogP contribution in [0.5, 0.6) is 0 Å². The zero-order valence-electron chi connectivity index (χ0n) is 11.3. The van der Waals surface area contributed by atoms with E-state index in [4.69, 9.17) is 0 Å². The second kappa shape index (κ2) is 7.45. The van der Waals surface area contributed by atoms with Gasteiger partial charge in [0.05, 0.1) is 6.20 Å². The van der Waals surface area contributed by atoms with Gasteiger partial charge in [-0.15, -0.1) is 0 Å². The quantitative estimate of drug-likeness (QED) is 0.873. The molecule has 1 unspecified atom stereocenters. The molecule has 0 aliphatic rings. The molecular weight excluding hydrogens is 321 g/mol. The Bertz CT molecular complexity index is 548. The normalized spacial score (nSPS) is 12.3. The third kappa shape index (κ3) is 4.08. The molecule has 1 heterocycles. The average molecular weight is 338 g/mol. The summed E-state index contributed by atoms with van der Waals surface area (Å²) in [5.74, 6) is -0.217. The van der Waals surface area contributed by atoms with Crippen molar-refractivity contribution in [1.29, 1.82) is 0 Å². The Balaban J connectivity index is 2.21. The van der Waals surface area contributed by atoms with Crippen molar-refractivity contribution in [2.75, 3.05) is 6.54 Å². The second-order valence-corrected chi connectivity index (χ2v) is 5.48. The van der Waals surface area contributed by atoms with Crippen LogP contribution in [0.15, 0.2) is 41.1 Å². The van der Waals surface area contributed by atoms with Crippen molar-refractivity contribution in [3.8, 4) is 0 Å². The highest BCUT2D eigenvalue weighted by Gasteiger charge is 2.14. The monoisotopic (exact) mass is 337 g/mol. The molecular formula is C15H17BrFN3. The summed E-state index contributed by atoms with van der Waals surface area (Å²) in [4.78, 5) is 0. The minimum atomic E-state index is -0.217. The summed E-state index contributed by atoms with van der Waals surface area (Å²) in [6.07, 6.45) is 5.17. The largest absolute Gasteiger partial charge is 0.310 e. The predicted molar refractivity (Wildman–Crippen MR) is 80.9 cm³/mol. The van der Waals surface area contributed by atoms with Gasteiger partial charge >= 0.3 is 0 Å². The van der Waals surface area contributed by atoms with E-state index in [1.165, 1.54) is 6.07 Å². The van der Waals surface area contributed by atoms with Crippen LogP contribution in [0, 0.1) is 5.82 Å². The van der Waals surface area contributed by atoms with Gasteiger partial charge in [0.2, 0.25) is 0 Å². The van der Waals surface area contributed by atoms with Gasteiger partial charge in [-0.3, -0.25) is 0 Å². The summed E-state index contributed by atoms with van der Waals surface area (Å²) in [5.41, 5.74) is 2.00. The molecule has 1 atom stereocenters. The molecule has 0 amide bonds. The van der Waals surface area contributed by atoms with Crippen LogP contribution in [-0.2, 0) is 6.42 Å². The van der Waals surface area contributed by atoms with E-state index in [2.05, 4.69) is 38.4 Å². The molecule has 0 saturated heterocycles. The fourth-order valence-corrected chi connectivity index (χ4v) is 2.46. The maximum absolute atomic E-state index is 13.4.